The molecule has 0 unspecified atom stereocenters. The van der Waals surface area contributed by atoms with Crippen LogP contribution >= 0.6 is 27.5 Å². The van der Waals surface area contributed by atoms with Crippen molar-refractivity contribution in [2.75, 3.05) is 33.1 Å². The number of allylic oxidation sites excluding steroid dienone is 1. The van der Waals surface area contributed by atoms with E-state index in [4.69, 9.17) is 25.8 Å². The third kappa shape index (κ3) is 9.10. The molecule has 0 saturated carbocycles. The van der Waals surface area contributed by atoms with Crippen LogP contribution in [0.2, 0.25) is 0 Å². The van der Waals surface area contributed by atoms with Crippen molar-refractivity contribution in [2.45, 2.75) is 38.6 Å². The van der Waals surface area contributed by atoms with Crippen LogP contribution in [0.5, 0.6) is 5.75 Å². The Morgan fingerprint density at radius 2 is 1.89 bits per heavy atom. The summed E-state index contributed by atoms with van der Waals surface area (Å²) in [6.07, 6.45) is 2.65. The lowest BCUT2D eigenvalue weighted by Gasteiger charge is -2.27. The average Bonchev–Trinajstić information content (AvgIpc) is 2.66. The van der Waals surface area contributed by atoms with E-state index in [0.717, 1.165) is 11.3 Å². The van der Waals surface area contributed by atoms with Gasteiger partial charge < -0.3 is 19.1 Å². The number of halogens is 2. The van der Waals surface area contributed by atoms with Gasteiger partial charge in [-0.05, 0) is 24.1 Å². The van der Waals surface area contributed by atoms with Crippen LogP contribution in [0.3, 0.4) is 0 Å². The third-order valence-electron chi connectivity index (χ3n) is 4.05. The lowest BCUT2D eigenvalue weighted by molar-refractivity contribution is -0.141. The molecule has 0 aliphatic heterocycles. The molecule has 1 rings (SSSR count). The Hall–Kier alpha value is -1.08. The van der Waals surface area contributed by atoms with E-state index in [9.17, 15) is 4.79 Å². The minimum absolute atomic E-state index is 0.0215. The highest BCUT2D eigenvalue weighted by Crippen LogP contribution is 2.22. The molecule has 1 aromatic carbocycles. The van der Waals surface area contributed by atoms with Crippen LogP contribution in [0.4, 0.5) is 0 Å². The molecule has 0 aromatic heterocycles. The molecule has 0 saturated heterocycles. The maximum Gasteiger partial charge on any atom is 0.248 e. The summed E-state index contributed by atoms with van der Waals surface area (Å²) in [4.78, 5) is 13.4. The number of alkyl halides is 1. The fourth-order valence-corrected chi connectivity index (χ4v) is 3.18. The zero-order chi connectivity index (χ0) is 20.2. The number of hydrogen-bond donors (Lipinski definition) is 0. The number of benzene rings is 1. The predicted octanol–water partition coefficient (Wildman–Crippen LogP) is 4.37. The zero-order valence-corrected chi connectivity index (χ0v) is 18.8. The van der Waals surface area contributed by atoms with Gasteiger partial charge in [0, 0.05) is 30.9 Å². The summed E-state index contributed by atoms with van der Waals surface area (Å²) >= 11 is 9.67. The normalized spacial score (nSPS) is 13.9. The van der Waals surface area contributed by atoms with Gasteiger partial charge in [0.15, 0.2) is 0 Å². The molecule has 27 heavy (non-hydrogen) atoms. The van der Waals surface area contributed by atoms with E-state index >= 15 is 0 Å². The summed E-state index contributed by atoms with van der Waals surface area (Å²) in [5, 5.41) is 1.38. The molecule has 7 heteroatoms. The standard InChI is InChI=1S/C20H29BrClNO4/c1-5-18(27-14-20(24)23(2)3)19(12-16(22)10-11-21)26-13-15-6-8-17(25-4)9-7-15/h6-10,18-19H,5,11-14H2,1-4H3/b16-10+/t18-,19-/m1/s1. The Kier molecular flexibility index (Phi) is 11.7. The van der Waals surface area contributed by atoms with Crippen LogP contribution in [-0.2, 0) is 20.9 Å². The molecule has 152 valence electrons. The van der Waals surface area contributed by atoms with Gasteiger partial charge in [-0.1, -0.05) is 52.7 Å². The summed E-state index contributed by atoms with van der Waals surface area (Å²) in [5.74, 6) is 0.722. The molecule has 1 aromatic rings. The van der Waals surface area contributed by atoms with Crippen molar-refractivity contribution in [2.24, 2.45) is 0 Å². The first-order chi connectivity index (χ1) is 12.9. The highest BCUT2D eigenvalue weighted by molar-refractivity contribution is 9.09. The number of nitrogens with zero attached hydrogens (tertiary/aromatic N) is 1. The maximum atomic E-state index is 11.9. The largest absolute Gasteiger partial charge is 0.497 e. The van der Waals surface area contributed by atoms with Gasteiger partial charge >= 0.3 is 0 Å². The molecular weight excluding hydrogens is 434 g/mol. The van der Waals surface area contributed by atoms with E-state index in [0.29, 0.717) is 29.8 Å². The summed E-state index contributed by atoms with van der Waals surface area (Å²) in [5.41, 5.74) is 1.03. The Morgan fingerprint density at radius 1 is 1.22 bits per heavy atom. The van der Waals surface area contributed by atoms with Gasteiger partial charge in [0.25, 0.3) is 0 Å². The Labute approximate surface area is 175 Å². The maximum absolute atomic E-state index is 11.9. The second kappa shape index (κ2) is 13.2. The second-order valence-electron chi connectivity index (χ2n) is 6.25. The number of hydrogen-bond acceptors (Lipinski definition) is 4. The first-order valence-electron chi connectivity index (χ1n) is 8.88. The van der Waals surface area contributed by atoms with Crippen LogP contribution < -0.4 is 4.74 Å². The second-order valence-corrected chi connectivity index (χ2v) is 7.39. The van der Waals surface area contributed by atoms with Gasteiger partial charge in [-0.2, -0.15) is 0 Å². The number of carbonyl (C=O) groups excluding carboxylic acids is 1. The molecule has 0 heterocycles. The van der Waals surface area contributed by atoms with Crippen LogP contribution in [-0.4, -0.2) is 56.2 Å². The van der Waals surface area contributed by atoms with Gasteiger partial charge in [0.05, 0.1) is 25.9 Å². The number of rotatable bonds is 12. The summed E-state index contributed by atoms with van der Waals surface area (Å²) in [6, 6.07) is 7.72. The lowest BCUT2D eigenvalue weighted by Crippen LogP contribution is -2.35. The van der Waals surface area contributed by atoms with Crippen molar-refractivity contribution in [1.82, 2.24) is 4.90 Å². The molecule has 0 aliphatic carbocycles. The summed E-state index contributed by atoms with van der Waals surface area (Å²) < 4.78 is 17.2. The number of methoxy groups -OCH3 is 1. The van der Waals surface area contributed by atoms with Crippen molar-refractivity contribution in [3.63, 3.8) is 0 Å². The van der Waals surface area contributed by atoms with Gasteiger partial charge in [-0.3, -0.25) is 4.79 Å². The summed E-state index contributed by atoms with van der Waals surface area (Å²) in [6.45, 7) is 2.46. The fraction of sp³-hybridized carbons (Fsp3) is 0.550. The quantitative estimate of drug-likeness (QED) is 0.433. The molecule has 0 radical (unpaired) electrons. The Balaban J connectivity index is 2.79. The van der Waals surface area contributed by atoms with Gasteiger partial charge in [-0.15, -0.1) is 0 Å². The minimum Gasteiger partial charge on any atom is -0.497 e. The molecule has 0 aliphatic rings. The number of amides is 1. The minimum atomic E-state index is -0.255. The highest BCUT2D eigenvalue weighted by atomic mass is 79.9. The van der Waals surface area contributed by atoms with Crippen molar-refractivity contribution in [1.29, 1.82) is 0 Å². The molecule has 0 N–H and O–H groups in total. The van der Waals surface area contributed by atoms with E-state index in [1.54, 1.807) is 21.2 Å². The van der Waals surface area contributed by atoms with Crippen LogP contribution in [0.25, 0.3) is 0 Å². The van der Waals surface area contributed by atoms with Crippen molar-refractivity contribution in [3.8, 4) is 5.75 Å². The number of ether oxygens (including phenoxy) is 3. The number of carbonyl (C=O) groups is 1. The monoisotopic (exact) mass is 461 g/mol. The fourth-order valence-electron chi connectivity index (χ4n) is 2.38. The van der Waals surface area contributed by atoms with Crippen molar-refractivity contribution >= 4 is 33.4 Å². The molecule has 0 fully saturated rings. The predicted molar refractivity (Wildman–Crippen MR) is 113 cm³/mol. The van der Waals surface area contributed by atoms with E-state index < -0.39 is 0 Å². The third-order valence-corrected chi connectivity index (χ3v) is 4.69. The van der Waals surface area contributed by atoms with Crippen LogP contribution in [0.1, 0.15) is 25.3 Å². The van der Waals surface area contributed by atoms with Gasteiger partial charge in [0.2, 0.25) is 5.91 Å². The SMILES string of the molecule is CC[C@@H](OCC(=O)N(C)C)[C@@H](C/C(Cl)=C\CBr)OCc1ccc(OC)cc1. The van der Waals surface area contributed by atoms with Crippen LogP contribution in [0.15, 0.2) is 35.4 Å². The highest BCUT2D eigenvalue weighted by Gasteiger charge is 2.24. The average molecular weight is 463 g/mol. The van der Waals surface area contributed by atoms with Gasteiger partial charge in [0.1, 0.15) is 12.4 Å². The molecule has 1 amide bonds. The summed E-state index contributed by atoms with van der Waals surface area (Å²) in [7, 11) is 5.05. The Bertz CT molecular complexity index is 592. The molecule has 0 spiro atoms. The molecule has 0 bridgehead atoms. The van der Waals surface area contributed by atoms with E-state index in [1.165, 1.54) is 4.90 Å². The first-order valence-corrected chi connectivity index (χ1v) is 10.4. The molecule has 2 atom stereocenters. The van der Waals surface area contributed by atoms with E-state index in [1.807, 2.05) is 37.3 Å². The smallest absolute Gasteiger partial charge is 0.248 e. The van der Waals surface area contributed by atoms with E-state index in [2.05, 4.69) is 15.9 Å². The number of likely N-dealkylation sites (N-methyl/N-ethyl adjacent to an activating group) is 1. The lowest BCUT2D eigenvalue weighted by atomic mass is 10.1. The van der Waals surface area contributed by atoms with E-state index in [-0.39, 0.29) is 24.7 Å². The van der Waals surface area contributed by atoms with Gasteiger partial charge in [-0.25, -0.2) is 0 Å². The molecule has 5 nitrogen and oxygen atoms in total. The first kappa shape index (κ1) is 24.0. The zero-order valence-electron chi connectivity index (χ0n) is 16.4. The van der Waals surface area contributed by atoms with Crippen LogP contribution in [0, 0.1) is 0 Å². The topological polar surface area (TPSA) is 48.0 Å². The Morgan fingerprint density at radius 3 is 2.41 bits per heavy atom. The van der Waals surface area contributed by atoms with Crippen molar-refractivity contribution < 1.29 is 19.0 Å². The molecular formula is C20H29BrClNO4. The van der Waals surface area contributed by atoms with Crippen molar-refractivity contribution in [3.05, 3.63) is 40.9 Å².